The van der Waals surface area contributed by atoms with E-state index in [1.165, 1.54) is 24.5 Å². The summed E-state index contributed by atoms with van der Waals surface area (Å²) in [6.07, 6.45) is -3.41. The number of hydrogen-bond acceptors (Lipinski definition) is 5. The molecule has 2 aromatic carbocycles. The predicted molar refractivity (Wildman–Crippen MR) is 96.0 cm³/mol. The van der Waals surface area contributed by atoms with Crippen LogP contribution in [0.15, 0.2) is 67.0 Å². The molecule has 0 radical (unpaired) electrons. The van der Waals surface area contributed by atoms with Crippen molar-refractivity contribution in [1.29, 1.82) is 0 Å². The summed E-state index contributed by atoms with van der Waals surface area (Å²) >= 11 is 0. The molecule has 3 aromatic rings. The van der Waals surface area contributed by atoms with E-state index in [0.29, 0.717) is 23.6 Å². The Morgan fingerprint density at radius 2 is 1.78 bits per heavy atom. The summed E-state index contributed by atoms with van der Waals surface area (Å²) in [4.78, 5) is 8.24. The summed E-state index contributed by atoms with van der Waals surface area (Å²) in [7, 11) is 0. The van der Waals surface area contributed by atoms with E-state index in [2.05, 4.69) is 20.0 Å². The molecule has 0 aliphatic carbocycles. The lowest BCUT2D eigenvalue weighted by Gasteiger charge is -2.14. The third kappa shape index (κ3) is 5.42. The molecular weight excluding hydrogens is 357 g/mol. The highest BCUT2D eigenvalue weighted by molar-refractivity contribution is 5.63. The van der Waals surface area contributed by atoms with Crippen molar-refractivity contribution in [2.45, 2.75) is 12.4 Å². The van der Waals surface area contributed by atoms with Crippen molar-refractivity contribution >= 4 is 5.82 Å². The van der Waals surface area contributed by atoms with Gasteiger partial charge in [-0.25, -0.2) is 9.97 Å². The van der Waals surface area contributed by atoms with Crippen LogP contribution in [0.5, 0.6) is 5.75 Å². The van der Waals surface area contributed by atoms with Crippen molar-refractivity contribution in [3.63, 3.8) is 0 Å². The average molecular weight is 374 g/mol. The second-order valence-corrected chi connectivity index (χ2v) is 5.76. The minimum atomic E-state index is -4.75. The molecule has 3 rings (SSSR count). The molecule has 5 nitrogen and oxygen atoms in total. The van der Waals surface area contributed by atoms with Crippen molar-refractivity contribution in [3.8, 4) is 17.0 Å². The Morgan fingerprint density at radius 3 is 2.52 bits per heavy atom. The fourth-order valence-corrected chi connectivity index (χ4v) is 2.50. The summed E-state index contributed by atoms with van der Waals surface area (Å²) in [6, 6.07) is 16.6. The molecule has 1 aromatic heterocycles. The minimum Gasteiger partial charge on any atom is -0.406 e. The van der Waals surface area contributed by atoms with E-state index >= 15 is 0 Å². The molecule has 8 heteroatoms. The lowest BCUT2D eigenvalue weighted by atomic mass is 10.1. The van der Waals surface area contributed by atoms with Gasteiger partial charge in [-0.3, -0.25) is 0 Å². The van der Waals surface area contributed by atoms with Crippen LogP contribution in [0.4, 0.5) is 19.0 Å². The number of nitrogens with two attached hydrogens (primary N) is 1. The largest absolute Gasteiger partial charge is 0.573 e. The first-order valence-corrected chi connectivity index (χ1v) is 8.13. The maximum atomic E-state index is 12.4. The van der Waals surface area contributed by atoms with Crippen molar-refractivity contribution < 1.29 is 17.9 Å². The number of hydrogen-bond donors (Lipinski definition) is 2. The normalized spacial score (nSPS) is 12.4. The van der Waals surface area contributed by atoms with Gasteiger partial charge in [0.1, 0.15) is 17.9 Å². The fourth-order valence-electron chi connectivity index (χ4n) is 2.50. The van der Waals surface area contributed by atoms with Gasteiger partial charge in [0.15, 0.2) is 0 Å². The molecule has 0 amide bonds. The molecule has 0 saturated heterocycles. The van der Waals surface area contributed by atoms with Gasteiger partial charge in [-0.15, -0.1) is 13.2 Å². The highest BCUT2D eigenvalue weighted by Gasteiger charge is 2.31. The van der Waals surface area contributed by atoms with Gasteiger partial charge in [0, 0.05) is 24.2 Å². The summed E-state index contributed by atoms with van der Waals surface area (Å²) in [5.74, 6) is 0.216. The van der Waals surface area contributed by atoms with Crippen molar-refractivity contribution in [2.75, 3.05) is 11.9 Å². The molecule has 0 bridgehead atoms. The number of halogens is 3. The quantitative estimate of drug-likeness (QED) is 0.678. The molecule has 0 aliphatic heterocycles. The second-order valence-electron chi connectivity index (χ2n) is 5.76. The van der Waals surface area contributed by atoms with Crippen molar-refractivity contribution in [2.24, 2.45) is 5.73 Å². The first-order chi connectivity index (χ1) is 12.9. The predicted octanol–water partition coefficient (Wildman–Crippen LogP) is 4.15. The first kappa shape index (κ1) is 18.7. The molecule has 1 atom stereocenters. The third-order valence-electron chi connectivity index (χ3n) is 3.76. The molecule has 3 N–H and O–H groups in total. The van der Waals surface area contributed by atoms with Crippen LogP contribution in [0.25, 0.3) is 11.3 Å². The number of alkyl halides is 3. The summed E-state index contributed by atoms with van der Waals surface area (Å²) in [5.41, 5.74) is 8.07. The van der Waals surface area contributed by atoms with E-state index < -0.39 is 6.36 Å². The molecular formula is C19H17F3N4O. The fraction of sp³-hybridized carbons (Fsp3) is 0.158. The standard InChI is InChI=1S/C19H17F3N4O/c20-19(21,22)27-15-8-4-7-14(9-15)17-10-18(26-12-25-17)24-11-16(23)13-5-2-1-3-6-13/h1-10,12,16H,11,23H2,(H,24,25,26). The van der Waals surface area contributed by atoms with Crippen molar-refractivity contribution in [1.82, 2.24) is 9.97 Å². The van der Waals surface area contributed by atoms with Crippen LogP contribution in [-0.2, 0) is 0 Å². The van der Waals surface area contributed by atoms with Crippen LogP contribution in [0.3, 0.4) is 0 Å². The number of aromatic nitrogens is 2. The van der Waals surface area contributed by atoms with Gasteiger partial charge < -0.3 is 15.8 Å². The molecule has 1 heterocycles. The molecule has 27 heavy (non-hydrogen) atoms. The zero-order chi connectivity index (χ0) is 19.3. The summed E-state index contributed by atoms with van der Waals surface area (Å²) < 4.78 is 41.1. The molecule has 140 valence electrons. The van der Waals surface area contributed by atoms with Crippen LogP contribution < -0.4 is 15.8 Å². The zero-order valence-corrected chi connectivity index (χ0v) is 14.1. The van der Waals surface area contributed by atoms with Gasteiger partial charge >= 0.3 is 6.36 Å². The van der Waals surface area contributed by atoms with E-state index in [0.717, 1.165) is 5.56 Å². The highest BCUT2D eigenvalue weighted by Crippen LogP contribution is 2.27. The lowest BCUT2D eigenvalue weighted by Crippen LogP contribution is -2.20. The zero-order valence-electron chi connectivity index (χ0n) is 14.1. The van der Waals surface area contributed by atoms with Gasteiger partial charge in [0.25, 0.3) is 0 Å². The Kier molecular flexibility index (Phi) is 5.56. The number of nitrogens with one attached hydrogen (secondary N) is 1. The number of rotatable bonds is 6. The Morgan fingerprint density at radius 1 is 1.00 bits per heavy atom. The third-order valence-corrected chi connectivity index (χ3v) is 3.76. The molecule has 0 aliphatic rings. The van der Waals surface area contributed by atoms with Crippen LogP contribution in [0, 0.1) is 0 Å². The Bertz CT molecular complexity index is 887. The van der Waals surface area contributed by atoms with E-state index in [1.807, 2.05) is 30.3 Å². The minimum absolute atomic E-state index is 0.229. The first-order valence-electron chi connectivity index (χ1n) is 8.13. The molecule has 0 fully saturated rings. The summed E-state index contributed by atoms with van der Waals surface area (Å²) in [5, 5.41) is 3.12. The van der Waals surface area contributed by atoms with Gasteiger partial charge in [-0.05, 0) is 17.7 Å². The van der Waals surface area contributed by atoms with Crippen LogP contribution in [0.1, 0.15) is 11.6 Å². The monoisotopic (exact) mass is 374 g/mol. The average Bonchev–Trinajstić information content (AvgIpc) is 2.66. The van der Waals surface area contributed by atoms with Crippen LogP contribution in [-0.4, -0.2) is 22.9 Å². The number of anilines is 1. The Labute approximate surface area is 154 Å². The van der Waals surface area contributed by atoms with E-state index in [1.54, 1.807) is 12.1 Å². The maximum Gasteiger partial charge on any atom is 0.573 e. The van der Waals surface area contributed by atoms with E-state index in [-0.39, 0.29) is 11.8 Å². The smallest absolute Gasteiger partial charge is 0.406 e. The van der Waals surface area contributed by atoms with Crippen LogP contribution >= 0.6 is 0 Å². The number of ether oxygens (including phenoxy) is 1. The number of benzene rings is 2. The van der Waals surface area contributed by atoms with E-state index in [9.17, 15) is 13.2 Å². The molecule has 1 unspecified atom stereocenters. The van der Waals surface area contributed by atoms with Gasteiger partial charge in [-0.1, -0.05) is 42.5 Å². The van der Waals surface area contributed by atoms with Crippen LogP contribution in [0.2, 0.25) is 0 Å². The maximum absolute atomic E-state index is 12.4. The van der Waals surface area contributed by atoms with Gasteiger partial charge in [0.2, 0.25) is 0 Å². The SMILES string of the molecule is NC(CNc1cc(-c2cccc(OC(F)(F)F)c2)ncn1)c1ccccc1. The Balaban J connectivity index is 1.71. The topological polar surface area (TPSA) is 73.1 Å². The highest BCUT2D eigenvalue weighted by atomic mass is 19.4. The summed E-state index contributed by atoms with van der Waals surface area (Å²) in [6.45, 7) is 0.442. The van der Waals surface area contributed by atoms with Gasteiger partial charge in [-0.2, -0.15) is 0 Å². The Hall–Kier alpha value is -3.13. The second kappa shape index (κ2) is 8.05. The molecule has 0 saturated carbocycles. The lowest BCUT2D eigenvalue weighted by molar-refractivity contribution is -0.274. The van der Waals surface area contributed by atoms with Gasteiger partial charge in [0.05, 0.1) is 5.69 Å². The number of nitrogens with zero attached hydrogens (tertiary/aromatic N) is 2. The molecule has 0 spiro atoms. The van der Waals surface area contributed by atoms with E-state index in [4.69, 9.17) is 5.73 Å². The van der Waals surface area contributed by atoms with Crippen molar-refractivity contribution in [3.05, 3.63) is 72.6 Å².